The predicted octanol–water partition coefficient (Wildman–Crippen LogP) is 2.90. The molecule has 4 heteroatoms. The van der Waals surface area contributed by atoms with Crippen molar-refractivity contribution >= 4 is 17.4 Å². The number of rotatable bonds is 1. The molecule has 0 amide bonds. The van der Waals surface area contributed by atoms with Crippen molar-refractivity contribution in [3.63, 3.8) is 0 Å². The van der Waals surface area contributed by atoms with Crippen molar-refractivity contribution in [2.75, 3.05) is 11.4 Å². The monoisotopic (exact) mass is 225 g/mol. The van der Waals surface area contributed by atoms with E-state index in [9.17, 15) is 0 Å². The van der Waals surface area contributed by atoms with Crippen LogP contribution in [0.3, 0.4) is 0 Å². The first kappa shape index (κ1) is 10.7. The van der Waals surface area contributed by atoms with Crippen LogP contribution in [0.5, 0.6) is 0 Å². The molecule has 0 aromatic carbocycles. The van der Waals surface area contributed by atoms with Crippen LogP contribution in [-0.2, 0) is 0 Å². The Hall–Kier alpha value is -0.830. The van der Waals surface area contributed by atoms with Crippen LogP contribution < -0.4 is 4.90 Å². The molecule has 0 N–H and O–H groups in total. The maximum Gasteiger partial charge on any atom is 0.171 e. The van der Waals surface area contributed by atoms with Crippen LogP contribution in [0.1, 0.15) is 32.6 Å². The second kappa shape index (κ2) is 4.79. The van der Waals surface area contributed by atoms with Crippen molar-refractivity contribution in [2.24, 2.45) is 0 Å². The first-order valence-corrected chi connectivity index (χ1v) is 5.90. The van der Waals surface area contributed by atoms with Crippen molar-refractivity contribution in [1.82, 2.24) is 9.97 Å². The maximum absolute atomic E-state index is 6.06. The molecular formula is C11H16ClN3. The van der Waals surface area contributed by atoms with Gasteiger partial charge in [-0.2, -0.15) is 0 Å². The molecule has 1 aliphatic heterocycles. The molecule has 0 saturated carbocycles. The summed E-state index contributed by atoms with van der Waals surface area (Å²) in [7, 11) is 0. The first-order valence-electron chi connectivity index (χ1n) is 5.52. The molecule has 3 nitrogen and oxygen atoms in total. The van der Waals surface area contributed by atoms with Gasteiger partial charge < -0.3 is 4.90 Å². The van der Waals surface area contributed by atoms with E-state index in [0.29, 0.717) is 11.2 Å². The fourth-order valence-electron chi connectivity index (χ4n) is 2.10. The molecule has 0 bridgehead atoms. The van der Waals surface area contributed by atoms with Crippen LogP contribution in [-0.4, -0.2) is 22.6 Å². The molecule has 1 aliphatic rings. The summed E-state index contributed by atoms with van der Waals surface area (Å²) in [6, 6.07) is 0.515. The lowest BCUT2D eigenvalue weighted by atomic mass is 10.1. The summed E-state index contributed by atoms with van der Waals surface area (Å²) >= 11 is 6.06. The fraction of sp³-hybridized carbons (Fsp3) is 0.636. The Bertz CT molecular complexity index is 329. The number of hydrogen-bond acceptors (Lipinski definition) is 3. The van der Waals surface area contributed by atoms with E-state index in [1.165, 1.54) is 25.7 Å². The van der Waals surface area contributed by atoms with E-state index in [-0.39, 0.29) is 0 Å². The number of nitrogens with zero attached hydrogens (tertiary/aromatic N) is 3. The van der Waals surface area contributed by atoms with Gasteiger partial charge in [-0.05, 0) is 19.8 Å². The van der Waals surface area contributed by atoms with Gasteiger partial charge in [-0.15, -0.1) is 0 Å². The average Bonchev–Trinajstić information content (AvgIpc) is 2.44. The molecule has 0 spiro atoms. The molecule has 1 aromatic heterocycles. The standard InChI is InChI=1S/C11H16ClN3/c1-9-5-3-2-4-8-15(9)11-10(12)13-6-7-14-11/h6-7,9H,2-5,8H2,1H3. The summed E-state index contributed by atoms with van der Waals surface area (Å²) in [6.07, 6.45) is 8.38. The third-order valence-electron chi connectivity index (χ3n) is 2.96. The molecule has 2 rings (SSSR count). The minimum Gasteiger partial charge on any atom is -0.351 e. The Balaban J connectivity index is 2.24. The summed E-state index contributed by atoms with van der Waals surface area (Å²) in [5.41, 5.74) is 0. The molecule has 1 atom stereocenters. The number of anilines is 1. The largest absolute Gasteiger partial charge is 0.351 e. The van der Waals surface area contributed by atoms with Gasteiger partial charge in [0, 0.05) is 25.0 Å². The van der Waals surface area contributed by atoms with E-state index >= 15 is 0 Å². The van der Waals surface area contributed by atoms with Gasteiger partial charge in [0.25, 0.3) is 0 Å². The van der Waals surface area contributed by atoms with Crippen molar-refractivity contribution < 1.29 is 0 Å². The smallest absolute Gasteiger partial charge is 0.171 e. The molecule has 0 radical (unpaired) electrons. The van der Waals surface area contributed by atoms with Crippen molar-refractivity contribution in [3.05, 3.63) is 17.5 Å². The predicted molar refractivity (Wildman–Crippen MR) is 62.3 cm³/mol. The maximum atomic E-state index is 6.06. The minimum absolute atomic E-state index is 0.515. The van der Waals surface area contributed by atoms with Crippen molar-refractivity contribution in [3.8, 4) is 0 Å². The van der Waals surface area contributed by atoms with E-state index in [1.807, 2.05) is 0 Å². The van der Waals surface area contributed by atoms with Gasteiger partial charge in [0.05, 0.1) is 0 Å². The van der Waals surface area contributed by atoms with Gasteiger partial charge in [0.15, 0.2) is 11.0 Å². The zero-order chi connectivity index (χ0) is 10.7. The normalized spacial score (nSPS) is 22.5. The topological polar surface area (TPSA) is 29.0 Å². The molecule has 1 unspecified atom stereocenters. The zero-order valence-electron chi connectivity index (χ0n) is 8.99. The molecule has 1 fully saturated rings. The molecule has 15 heavy (non-hydrogen) atoms. The first-order chi connectivity index (χ1) is 7.29. The lowest BCUT2D eigenvalue weighted by Gasteiger charge is -2.28. The lowest BCUT2D eigenvalue weighted by molar-refractivity contribution is 0.610. The Labute approximate surface area is 95.5 Å². The van der Waals surface area contributed by atoms with Crippen molar-refractivity contribution in [2.45, 2.75) is 38.6 Å². The highest BCUT2D eigenvalue weighted by atomic mass is 35.5. The summed E-state index contributed by atoms with van der Waals surface area (Å²) in [5.74, 6) is 0.841. The van der Waals surface area contributed by atoms with Crippen LogP contribution in [0.4, 0.5) is 5.82 Å². The van der Waals surface area contributed by atoms with Crippen LogP contribution >= 0.6 is 11.6 Å². The van der Waals surface area contributed by atoms with Crippen LogP contribution in [0.15, 0.2) is 12.4 Å². The fourth-order valence-corrected chi connectivity index (χ4v) is 2.31. The Kier molecular flexibility index (Phi) is 3.41. The number of hydrogen-bond donors (Lipinski definition) is 0. The van der Waals surface area contributed by atoms with Crippen LogP contribution in [0, 0.1) is 0 Å². The van der Waals surface area contributed by atoms with Gasteiger partial charge in [0.1, 0.15) is 0 Å². The van der Waals surface area contributed by atoms with E-state index in [2.05, 4.69) is 21.8 Å². The second-order valence-corrected chi connectivity index (χ2v) is 4.42. The average molecular weight is 226 g/mol. The van der Waals surface area contributed by atoms with E-state index in [0.717, 1.165) is 12.4 Å². The van der Waals surface area contributed by atoms with Crippen molar-refractivity contribution in [1.29, 1.82) is 0 Å². The van der Waals surface area contributed by atoms with E-state index < -0.39 is 0 Å². The molecule has 1 aromatic rings. The van der Waals surface area contributed by atoms with Gasteiger partial charge in [-0.3, -0.25) is 0 Å². The summed E-state index contributed by atoms with van der Waals surface area (Å²) in [6.45, 7) is 3.27. The second-order valence-electron chi connectivity index (χ2n) is 4.06. The van der Waals surface area contributed by atoms with E-state index in [4.69, 9.17) is 11.6 Å². The van der Waals surface area contributed by atoms with E-state index in [1.54, 1.807) is 12.4 Å². The Morgan fingerprint density at radius 3 is 2.87 bits per heavy atom. The van der Waals surface area contributed by atoms with Gasteiger partial charge >= 0.3 is 0 Å². The molecule has 2 heterocycles. The highest BCUT2D eigenvalue weighted by Gasteiger charge is 2.20. The van der Waals surface area contributed by atoms with Gasteiger partial charge in [-0.1, -0.05) is 24.4 Å². The lowest BCUT2D eigenvalue weighted by Crippen LogP contribution is -2.33. The Morgan fingerprint density at radius 2 is 2.07 bits per heavy atom. The third kappa shape index (κ3) is 2.40. The molecule has 82 valence electrons. The Morgan fingerprint density at radius 1 is 1.27 bits per heavy atom. The molecule has 0 aliphatic carbocycles. The van der Waals surface area contributed by atoms with Gasteiger partial charge in [0.2, 0.25) is 0 Å². The SMILES string of the molecule is CC1CCCCCN1c1nccnc1Cl. The highest BCUT2D eigenvalue weighted by molar-refractivity contribution is 6.31. The number of halogens is 1. The van der Waals surface area contributed by atoms with Crippen LogP contribution in [0.2, 0.25) is 5.15 Å². The van der Waals surface area contributed by atoms with Crippen LogP contribution in [0.25, 0.3) is 0 Å². The quantitative estimate of drug-likeness (QED) is 0.736. The van der Waals surface area contributed by atoms with Gasteiger partial charge in [-0.25, -0.2) is 9.97 Å². The summed E-state index contributed by atoms with van der Waals surface area (Å²) < 4.78 is 0. The highest BCUT2D eigenvalue weighted by Crippen LogP contribution is 2.26. The molecule has 1 saturated heterocycles. The number of aromatic nitrogens is 2. The minimum atomic E-state index is 0.515. The molecular weight excluding hydrogens is 210 g/mol. The summed E-state index contributed by atoms with van der Waals surface area (Å²) in [5, 5.41) is 0.520. The summed E-state index contributed by atoms with van der Waals surface area (Å²) in [4.78, 5) is 10.7. The zero-order valence-corrected chi connectivity index (χ0v) is 9.74. The third-order valence-corrected chi connectivity index (χ3v) is 3.23.